The van der Waals surface area contributed by atoms with Gasteiger partial charge in [-0.2, -0.15) is 7.05 Å². The first-order valence-corrected chi connectivity index (χ1v) is 3.60. The van der Waals surface area contributed by atoms with Gasteiger partial charge in [-0.3, -0.25) is 0 Å². The van der Waals surface area contributed by atoms with Gasteiger partial charge in [-0.15, -0.1) is 0 Å². The van der Waals surface area contributed by atoms with Crippen LogP contribution in [0, 0.1) is 13.0 Å². The Kier molecular flexibility index (Phi) is 2.49. The number of likely N-dealkylation sites (tertiary alicyclic amines) is 1. The molecule has 0 spiro atoms. The fraction of sp³-hybridized carbons (Fsp3) is 0.857. The Morgan fingerprint density at radius 2 is 2.44 bits per heavy atom. The molecule has 0 saturated carbocycles. The predicted octanol–water partition coefficient (Wildman–Crippen LogP) is -0.935. The van der Waals surface area contributed by atoms with E-state index in [2.05, 4.69) is 7.05 Å². The lowest BCUT2D eigenvalue weighted by atomic mass is 10.00. The number of nitrogens with one attached hydrogen (secondary N) is 1. The molecule has 0 aliphatic carbocycles. The molecule has 2 nitrogen and oxygen atoms in total. The van der Waals surface area contributed by atoms with Gasteiger partial charge in [0.15, 0.2) is 0 Å². The van der Waals surface area contributed by atoms with E-state index in [0.717, 1.165) is 6.54 Å². The third kappa shape index (κ3) is 1.95. The normalized spacial score (nSPS) is 36.7. The molecule has 1 saturated heterocycles. The fourth-order valence-electron chi connectivity index (χ4n) is 1.41. The summed E-state index contributed by atoms with van der Waals surface area (Å²) in [7, 11) is 3.90. The molecule has 0 bridgehead atoms. The lowest BCUT2D eigenvalue weighted by Gasteiger charge is -2.30. The van der Waals surface area contributed by atoms with E-state index in [-0.39, 0.29) is 0 Å². The number of hydrogen-bond donors (Lipinski definition) is 2. The molecule has 2 heteroatoms. The summed E-state index contributed by atoms with van der Waals surface area (Å²) in [6, 6.07) is 0. The Morgan fingerprint density at radius 3 is 2.89 bits per heavy atom. The van der Waals surface area contributed by atoms with Crippen molar-refractivity contribution in [1.82, 2.24) is 0 Å². The minimum Gasteiger partial charge on any atom is -0.468 e. The first-order chi connectivity index (χ1) is 4.33. The number of quaternary nitrogens is 1. The number of aliphatic hydroxyl groups excluding tert-OH is 1. The van der Waals surface area contributed by atoms with E-state index in [1.165, 1.54) is 24.3 Å². The molecule has 2 N–H and O–H groups in total. The minimum atomic E-state index is 0.346. The summed E-state index contributed by atoms with van der Waals surface area (Å²) in [6.45, 7) is 2.58. The van der Waals surface area contributed by atoms with Gasteiger partial charge in [-0.25, -0.2) is 0 Å². The number of piperidine rings is 1. The SMILES string of the molecule is [CH2-][NH+]1CCC[C@@H](CO)C1. The van der Waals surface area contributed by atoms with Crippen molar-refractivity contribution >= 4 is 0 Å². The van der Waals surface area contributed by atoms with Crippen molar-refractivity contribution in [3.05, 3.63) is 7.05 Å². The van der Waals surface area contributed by atoms with Gasteiger partial charge in [-0.05, 0) is 12.8 Å². The highest BCUT2D eigenvalue weighted by Gasteiger charge is 2.15. The van der Waals surface area contributed by atoms with Crippen molar-refractivity contribution in [2.45, 2.75) is 12.8 Å². The lowest BCUT2D eigenvalue weighted by Crippen LogP contribution is -3.08. The van der Waals surface area contributed by atoms with Crippen LogP contribution in [0.1, 0.15) is 12.8 Å². The summed E-state index contributed by atoms with van der Waals surface area (Å²) < 4.78 is 0. The number of rotatable bonds is 1. The van der Waals surface area contributed by atoms with Gasteiger partial charge < -0.3 is 10.0 Å². The summed E-state index contributed by atoms with van der Waals surface area (Å²) in [5, 5.41) is 8.77. The molecule has 0 aromatic rings. The van der Waals surface area contributed by atoms with Gasteiger partial charge >= 0.3 is 0 Å². The van der Waals surface area contributed by atoms with Crippen molar-refractivity contribution < 1.29 is 10.0 Å². The van der Waals surface area contributed by atoms with Crippen molar-refractivity contribution in [2.24, 2.45) is 5.92 Å². The zero-order chi connectivity index (χ0) is 6.69. The van der Waals surface area contributed by atoms with Crippen LogP contribution in [0.25, 0.3) is 0 Å². The first-order valence-electron chi connectivity index (χ1n) is 3.60. The standard InChI is InChI=1S/C7H15NO/c1-8-4-2-3-7(5-8)6-9/h7-9H,1-6H2/t7-/m1/s1. The predicted molar refractivity (Wildman–Crippen MR) is 35.9 cm³/mol. The highest BCUT2D eigenvalue weighted by molar-refractivity contribution is 4.59. The van der Waals surface area contributed by atoms with Crippen molar-refractivity contribution in [2.75, 3.05) is 19.7 Å². The highest BCUT2D eigenvalue weighted by atomic mass is 16.3. The monoisotopic (exact) mass is 129 g/mol. The van der Waals surface area contributed by atoms with Crippen LogP contribution in [0.3, 0.4) is 0 Å². The molecule has 0 radical (unpaired) electrons. The van der Waals surface area contributed by atoms with Crippen LogP contribution in [-0.4, -0.2) is 24.8 Å². The third-order valence-corrected chi connectivity index (χ3v) is 1.98. The van der Waals surface area contributed by atoms with Crippen molar-refractivity contribution in [3.8, 4) is 0 Å². The maximum atomic E-state index is 8.77. The van der Waals surface area contributed by atoms with Crippen LogP contribution >= 0.6 is 0 Å². The van der Waals surface area contributed by atoms with Gasteiger partial charge in [0.1, 0.15) is 0 Å². The highest BCUT2D eigenvalue weighted by Crippen LogP contribution is 2.04. The van der Waals surface area contributed by atoms with E-state index >= 15 is 0 Å². The average Bonchev–Trinajstić information content (AvgIpc) is 1.88. The molecule has 1 aliphatic heterocycles. The Bertz CT molecular complexity index is 85.0. The zero-order valence-corrected chi connectivity index (χ0v) is 5.77. The van der Waals surface area contributed by atoms with Gasteiger partial charge in [0.2, 0.25) is 0 Å². The Labute approximate surface area is 56.5 Å². The fourth-order valence-corrected chi connectivity index (χ4v) is 1.41. The van der Waals surface area contributed by atoms with Crippen LogP contribution in [0.15, 0.2) is 0 Å². The zero-order valence-electron chi connectivity index (χ0n) is 5.77. The molecule has 2 atom stereocenters. The van der Waals surface area contributed by atoms with Crippen molar-refractivity contribution in [1.29, 1.82) is 0 Å². The first kappa shape index (κ1) is 7.03. The van der Waals surface area contributed by atoms with E-state index in [4.69, 9.17) is 5.11 Å². The van der Waals surface area contributed by atoms with Crippen LogP contribution in [0.2, 0.25) is 0 Å². The largest absolute Gasteiger partial charge is 0.468 e. The Morgan fingerprint density at radius 1 is 1.67 bits per heavy atom. The molecular formula is C7H15NO. The van der Waals surface area contributed by atoms with E-state index in [1.54, 1.807) is 0 Å². The van der Waals surface area contributed by atoms with Gasteiger partial charge in [0, 0.05) is 5.92 Å². The molecule has 0 aromatic carbocycles. The second kappa shape index (κ2) is 3.18. The quantitative estimate of drug-likeness (QED) is 0.439. The molecule has 1 fully saturated rings. The van der Waals surface area contributed by atoms with Gasteiger partial charge in [0.05, 0.1) is 19.7 Å². The molecule has 1 aliphatic rings. The summed E-state index contributed by atoms with van der Waals surface area (Å²) in [4.78, 5) is 1.32. The maximum Gasteiger partial charge on any atom is 0.0581 e. The maximum absolute atomic E-state index is 8.77. The number of hydrogen-bond acceptors (Lipinski definition) is 1. The molecule has 0 aromatic heterocycles. The van der Waals surface area contributed by atoms with E-state index in [9.17, 15) is 0 Å². The smallest absolute Gasteiger partial charge is 0.0581 e. The Balaban J connectivity index is 2.23. The molecule has 9 heavy (non-hydrogen) atoms. The average molecular weight is 129 g/mol. The molecule has 1 unspecified atom stereocenters. The summed E-state index contributed by atoms with van der Waals surface area (Å²) in [6.07, 6.45) is 2.42. The van der Waals surface area contributed by atoms with Crippen LogP contribution in [-0.2, 0) is 0 Å². The second-order valence-electron chi connectivity index (χ2n) is 2.89. The second-order valence-corrected chi connectivity index (χ2v) is 2.89. The van der Waals surface area contributed by atoms with E-state index < -0.39 is 0 Å². The summed E-state index contributed by atoms with van der Waals surface area (Å²) in [5.41, 5.74) is 0. The van der Waals surface area contributed by atoms with Crippen LogP contribution < -0.4 is 4.90 Å². The minimum absolute atomic E-state index is 0.346. The molecule has 1 heterocycles. The number of aliphatic hydroxyl groups is 1. The molecular weight excluding hydrogens is 114 g/mol. The van der Waals surface area contributed by atoms with Crippen LogP contribution in [0.4, 0.5) is 0 Å². The molecule has 1 rings (SSSR count). The van der Waals surface area contributed by atoms with Gasteiger partial charge in [0.25, 0.3) is 0 Å². The van der Waals surface area contributed by atoms with Crippen LogP contribution in [0.5, 0.6) is 0 Å². The molecule has 54 valence electrons. The van der Waals surface area contributed by atoms with Gasteiger partial charge in [-0.1, -0.05) is 0 Å². The summed E-state index contributed by atoms with van der Waals surface area (Å²) >= 11 is 0. The lowest BCUT2D eigenvalue weighted by molar-refractivity contribution is -0.863. The van der Waals surface area contributed by atoms with Crippen molar-refractivity contribution in [3.63, 3.8) is 0 Å². The topological polar surface area (TPSA) is 24.7 Å². The van der Waals surface area contributed by atoms with E-state index in [1.807, 2.05) is 0 Å². The Hall–Kier alpha value is -0.0800. The third-order valence-electron chi connectivity index (χ3n) is 1.98. The molecule has 0 amide bonds. The summed E-state index contributed by atoms with van der Waals surface area (Å²) in [5.74, 6) is 0.520. The van der Waals surface area contributed by atoms with E-state index in [0.29, 0.717) is 12.5 Å².